The zero-order valence-corrected chi connectivity index (χ0v) is 10.8. The van der Waals surface area contributed by atoms with Gasteiger partial charge in [0.05, 0.1) is 5.56 Å². The smallest absolute Gasteiger partial charge is 0.258 e. The van der Waals surface area contributed by atoms with E-state index in [0.29, 0.717) is 5.56 Å². The molecule has 19 heavy (non-hydrogen) atoms. The molecule has 1 N–H and O–H groups in total. The lowest BCUT2D eigenvalue weighted by molar-refractivity contribution is 0.102. The molecule has 0 saturated carbocycles. The molecular weight excluding hydrogens is 272 g/mol. The van der Waals surface area contributed by atoms with E-state index in [1.807, 2.05) is 0 Å². The molecule has 98 valence electrons. The molecule has 2 rings (SSSR count). The molecule has 0 aromatic heterocycles. The van der Waals surface area contributed by atoms with Crippen molar-refractivity contribution in [1.29, 1.82) is 0 Å². The monoisotopic (exact) mass is 281 g/mol. The molecule has 2 aromatic carbocycles. The van der Waals surface area contributed by atoms with Gasteiger partial charge in [-0.3, -0.25) is 4.79 Å². The molecule has 0 atom stereocenters. The topological polar surface area (TPSA) is 29.1 Å². The van der Waals surface area contributed by atoms with Crippen molar-refractivity contribution in [3.63, 3.8) is 0 Å². The van der Waals surface area contributed by atoms with Crippen LogP contribution < -0.4 is 5.32 Å². The summed E-state index contributed by atoms with van der Waals surface area (Å²) >= 11 is 5.67. The summed E-state index contributed by atoms with van der Waals surface area (Å²) in [5, 5.41) is 2.55. The van der Waals surface area contributed by atoms with E-state index in [1.165, 1.54) is 18.2 Å². The Balaban J connectivity index is 2.25. The highest BCUT2D eigenvalue weighted by Crippen LogP contribution is 2.19. The van der Waals surface area contributed by atoms with E-state index >= 15 is 0 Å². The summed E-state index contributed by atoms with van der Waals surface area (Å²) in [6, 6.07) is 7.86. The number of aryl methyl sites for hydroxylation is 1. The molecule has 0 radical (unpaired) electrons. The Kier molecular flexibility index (Phi) is 3.81. The Morgan fingerprint density at radius 3 is 2.53 bits per heavy atom. The summed E-state index contributed by atoms with van der Waals surface area (Å²) in [6.07, 6.45) is 0. The van der Waals surface area contributed by atoms with Gasteiger partial charge in [-0.15, -0.1) is 0 Å². The van der Waals surface area contributed by atoms with E-state index in [0.717, 1.165) is 12.1 Å². The highest BCUT2D eigenvalue weighted by Gasteiger charge is 2.12. The molecule has 0 aliphatic rings. The van der Waals surface area contributed by atoms with Gasteiger partial charge in [-0.05, 0) is 42.8 Å². The molecule has 0 aliphatic heterocycles. The van der Waals surface area contributed by atoms with Crippen LogP contribution in [0.25, 0.3) is 0 Å². The van der Waals surface area contributed by atoms with Crippen molar-refractivity contribution in [2.45, 2.75) is 6.92 Å². The Morgan fingerprint density at radius 2 is 1.89 bits per heavy atom. The Hall–Kier alpha value is -1.94. The summed E-state index contributed by atoms with van der Waals surface area (Å²) in [4.78, 5) is 11.9. The summed E-state index contributed by atoms with van der Waals surface area (Å²) in [6.45, 7) is 1.72. The molecule has 0 spiro atoms. The van der Waals surface area contributed by atoms with Crippen LogP contribution >= 0.6 is 11.6 Å². The van der Waals surface area contributed by atoms with Crippen molar-refractivity contribution in [2.24, 2.45) is 0 Å². The lowest BCUT2D eigenvalue weighted by atomic mass is 10.1. The second-order valence-corrected chi connectivity index (χ2v) is 4.53. The van der Waals surface area contributed by atoms with Gasteiger partial charge >= 0.3 is 0 Å². The predicted molar refractivity (Wildman–Crippen MR) is 70.5 cm³/mol. The normalized spacial score (nSPS) is 10.3. The van der Waals surface area contributed by atoms with Crippen molar-refractivity contribution < 1.29 is 13.6 Å². The van der Waals surface area contributed by atoms with Crippen LogP contribution in [0.2, 0.25) is 5.02 Å². The zero-order valence-electron chi connectivity index (χ0n) is 10.0. The fraction of sp³-hybridized carbons (Fsp3) is 0.0714. The third-order valence-electron chi connectivity index (χ3n) is 2.49. The van der Waals surface area contributed by atoms with E-state index in [4.69, 9.17) is 11.6 Å². The van der Waals surface area contributed by atoms with E-state index in [-0.39, 0.29) is 16.3 Å². The second kappa shape index (κ2) is 5.36. The zero-order chi connectivity index (χ0) is 14.0. The average Bonchev–Trinajstić information content (AvgIpc) is 2.26. The number of carbonyl (C=O) groups excluding carboxylic acids is 1. The van der Waals surface area contributed by atoms with Gasteiger partial charge in [-0.1, -0.05) is 17.7 Å². The maximum atomic E-state index is 13.6. The van der Waals surface area contributed by atoms with Crippen LogP contribution in [0.3, 0.4) is 0 Å². The SMILES string of the molecule is Cc1ccc(C(=O)Nc2cc(F)cc(Cl)c2)c(F)c1. The highest BCUT2D eigenvalue weighted by atomic mass is 35.5. The van der Waals surface area contributed by atoms with Gasteiger partial charge in [-0.25, -0.2) is 8.78 Å². The molecule has 0 heterocycles. The molecule has 1 amide bonds. The molecule has 0 saturated heterocycles. The number of benzene rings is 2. The van der Waals surface area contributed by atoms with Gasteiger partial charge in [0.25, 0.3) is 5.91 Å². The molecule has 0 unspecified atom stereocenters. The van der Waals surface area contributed by atoms with Crippen molar-refractivity contribution in [3.05, 3.63) is 64.2 Å². The Morgan fingerprint density at radius 1 is 1.16 bits per heavy atom. The van der Waals surface area contributed by atoms with Crippen molar-refractivity contribution in [3.8, 4) is 0 Å². The van der Waals surface area contributed by atoms with Gasteiger partial charge < -0.3 is 5.32 Å². The molecule has 0 bridgehead atoms. The molecule has 2 nitrogen and oxygen atoms in total. The van der Waals surface area contributed by atoms with Gasteiger partial charge in [-0.2, -0.15) is 0 Å². The summed E-state index contributed by atoms with van der Waals surface area (Å²) in [5.41, 5.74) is 0.781. The molecule has 2 aromatic rings. The lowest BCUT2D eigenvalue weighted by Gasteiger charge is -2.07. The summed E-state index contributed by atoms with van der Waals surface area (Å²) < 4.78 is 26.7. The number of halogens is 3. The Bertz CT molecular complexity index is 623. The van der Waals surface area contributed by atoms with E-state index in [2.05, 4.69) is 5.32 Å². The van der Waals surface area contributed by atoms with Crippen LogP contribution in [0.1, 0.15) is 15.9 Å². The quantitative estimate of drug-likeness (QED) is 0.879. The van der Waals surface area contributed by atoms with Gasteiger partial charge in [0.1, 0.15) is 11.6 Å². The van der Waals surface area contributed by atoms with Gasteiger partial charge in [0.2, 0.25) is 0 Å². The predicted octanol–water partition coefficient (Wildman–Crippen LogP) is 4.18. The summed E-state index contributed by atoms with van der Waals surface area (Å²) in [7, 11) is 0. The van der Waals surface area contributed by atoms with Crippen molar-refractivity contribution in [2.75, 3.05) is 5.32 Å². The van der Waals surface area contributed by atoms with Crippen LogP contribution in [0.4, 0.5) is 14.5 Å². The number of amides is 1. The maximum absolute atomic E-state index is 13.6. The first-order chi connectivity index (χ1) is 8.95. The number of hydrogen-bond acceptors (Lipinski definition) is 1. The fourth-order valence-electron chi connectivity index (χ4n) is 1.63. The van der Waals surface area contributed by atoms with E-state index < -0.39 is 17.5 Å². The lowest BCUT2D eigenvalue weighted by Crippen LogP contribution is -2.14. The highest BCUT2D eigenvalue weighted by molar-refractivity contribution is 6.31. The molecule has 0 aliphatic carbocycles. The standard InChI is InChI=1S/C14H10ClF2NO/c1-8-2-3-12(13(17)4-8)14(19)18-11-6-9(15)5-10(16)7-11/h2-7H,1H3,(H,18,19). The van der Waals surface area contributed by atoms with Crippen LogP contribution in [-0.2, 0) is 0 Å². The van der Waals surface area contributed by atoms with Gasteiger partial charge in [0, 0.05) is 10.7 Å². The minimum Gasteiger partial charge on any atom is -0.322 e. The molecular formula is C14H10ClF2NO. The van der Waals surface area contributed by atoms with Crippen LogP contribution in [-0.4, -0.2) is 5.91 Å². The second-order valence-electron chi connectivity index (χ2n) is 4.10. The van der Waals surface area contributed by atoms with Gasteiger partial charge in [0.15, 0.2) is 0 Å². The van der Waals surface area contributed by atoms with E-state index in [9.17, 15) is 13.6 Å². The minimum atomic E-state index is -0.654. The maximum Gasteiger partial charge on any atom is 0.258 e. The summed E-state index contributed by atoms with van der Waals surface area (Å²) in [5.74, 6) is -1.86. The Labute approximate surface area is 114 Å². The van der Waals surface area contributed by atoms with E-state index in [1.54, 1.807) is 13.0 Å². The first-order valence-electron chi connectivity index (χ1n) is 5.49. The third kappa shape index (κ3) is 3.29. The number of rotatable bonds is 2. The van der Waals surface area contributed by atoms with Crippen molar-refractivity contribution in [1.82, 2.24) is 0 Å². The fourth-order valence-corrected chi connectivity index (χ4v) is 1.85. The van der Waals surface area contributed by atoms with Crippen molar-refractivity contribution >= 4 is 23.2 Å². The first kappa shape index (κ1) is 13.5. The largest absolute Gasteiger partial charge is 0.322 e. The average molecular weight is 282 g/mol. The molecule has 0 fully saturated rings. The van der Waals surface area contributed by atoms with Crippen LogP contribution in [0, 0.1) is 18.6 Å². The molecule has 5 heteroatoms. The first-order valence-corrected chi connectivity index (χ1v) is 5.87. The minimum absolute atomic E-state index is 0.106. The third-order valence-corrected chi connectivity index (χ3v) is 2.71. The van der Waals surface area contributed by atoms with Crippen LogP contribution in [0.15, 0.2) is 36.4 Å². The number of nitrogens with one attached hydrogen (secondary N) is 1. The number of hydrogen-bond donors (Lipinski definition) is 1. The van der Waals surface area contributed by atoms with Crippen LogP contribution in [0.5, 0.6) is 0 Å². The number of anilines is 1. The number of carbonyl (C=O) groups is 1.